The summed E-state index contributed by atoms with van der Waals surface area (Å²) in [6.45, 7) is 10.6. The molecule has 0 bridgehead atoms. The molecule has 0 spiro atoms. The highest BCUT2D eigenvalue weighted by molar-refractivity contribution is 5.46. The summed E-state index contributed by atoms with van der Waals surface area (Å²) in [5.74, 6) is 5.81. The molecule has 3 fully saturated rings. The Morgan fingerprint density at radius 3 is 2.08 bits per heavy atom. The Bertz CT molecular complexity index is 504. The van der Waals surface area contributed by atoms with Gasteiger partial charge in [0.1, 0.15) is 0 Å². The van der Waals surface area contributed by atoms with Crippen LogP contribution in [0.15, 0.2) is 30.3 Å². The van der Waals surface area contributed by atoms with E-state index in [0.717, 1.165) is 45.1 Å². The molecule has 0 unspecified atom stereocenters. The van der Waals surface area contributed by atoms with Gasteiger partial charge in [-0.15, -0.1) is 0 Å². The zero-order valence-electron chi connectivity index (χ0n) is 16.5. The Morgan fingerprint density at radius 1 is 0.846 bits per heavy atom. The molecule has 1 aromatic rings. The molecular formula is C21H36N4O. The van der Waals surface area contributed by atoms with Crippen LogP contribution >= 0.6 is 0 Å². The third-order valence-corrected chi connectivity index (χ3v) is 5.88. The van der Waals surface area contributed by atoms with Gasteiger partial charge in [0.05, 0.1) is 12.2 Å². The number of anilines is 1. The first kappa shape index (κ1) is 19.6. The van der Waals surface area contributed by atoms with Gasteiger partial charge in [0.2, 0.25) is 0 Å². The van der Waals surface area contributed by atoms with Gasteiger partial charge in [0.25, 0.3) is 0 Å². The lowest BCUT2D eigenvalue weighted by atomic mass is 9.87. The van der Waals surface area contributed by atoms with Gasteiger partial charge in [-0.1, -0.05) is 32.0 Å². The number of ether oxygens (including phenoxy) is 1. The fourth-order valence-electron chi connectivity index (χ4n) is 4.22. The summed E-state index contributed by atoms with van der Waals surface area (Å²) in [6.07, 6.45) is 5.53. The molecule has 146 valence electrons. The summed E-state index contributed by atoms with van der Waals surface area (Å²) in [7, 11) is 0. The van der Waals surface area contributed by atoms with Crippen molar-refractivity contribution in [2.75, 3.05) is 44.2 Å². The number of hydrazine groups is 1. The minimum atomic E-state index is 0.436. The van der Waals surface area contributed by atoms with Crippen LogP contribution in [0.25, 0.3) is 0 Å². The SMILES string of the molecule is CC.NN1CCC(OC2CC(N3CCN(c4ccccc4)CC3)C2)CC1. The highest BCUT2D eigenvalue weighted by Crippen LogP contribution is 2.31. The molecule has 0 amide bonds. The third kappa shape index (κ3) is 4.97. The van der Waals surface area contributed by atoms with Crippen LogP contribution in [0, 0.1) is 0 Å². The van der Waals surface area contributed by atoms with Crippen molar-refractivity contribution < 1.29 is 4.74 Å². The quantitative estimate of drug-likeness (QED) is 0.837. The first-order chi connectivity index (χ1) is 12.8. The largest absolute Gasteiger partial charge is 0.375 e. The van der Waals surface area contributed by atoms with E-state index in [-0.39, 0.29) is 0 Å². The Hall–Kier alpha value is -1.14. The molecule has 2 heterocycles. The van der Waals surface area contributed by atoms with Crippen LogP contribution in [0.4, 0.5) is 5.69 Å². The van der Waals surface area contributed by atoms with E-state index < -0.39 is 0 Å². The Labute approximate surface area is 159 Å². The van der Waals surface area contributed by atoms with E-state index in [4.69, 9.17) is 10.6 Å². The topological polar surface area (TPSA) is 45.0 Å². The lowest BCUT2D eigenvalue weighted by molar-refractivity contribution is -0.104. The molecule has 5 nitrogen and oxygen atoms in total. The maximum Gasteiger partial charge on any atom is 0.0608 e. The van der Waals surface area contributed by atoms with Crippen molar-refractivity contribution in [3.8, 4) is 0 Å². The first-order valence-corrected chi connectivity index (χ1v) is 10.5. The van der Waals surface area contributed by atoms with E-state index in [9.17, 15) is 0 Å². The number of nitrogens with zero attached hydrogens (tertiary/aromatic N) is 3. The molecule has 5 heteroatoms. The Kier molecular flexibility index (Phi) is 7.32. The second-order valence-corrected chi connectivity index (χ2v) is 7.48. The molecule has 0 radical (unpaired) electrons. The van der Waals surface area contributed by atoms with E-state index in [1.165, 1.54) is 31.6 Å². The monoisotopic (exact) mass is 360 g/mol. The Balaban J connectivity index is 0.000000948. The molecule has 1 aromatic carbocycles. The zero-order valence-corrected chi connectivity index (χ0v) is 16.5. The van der Waals surface area contributed by atoms with Crippen molar-refractivity contribution in [1.29, 1.82) is 0 Å². The third-order valence-electron chi connectivity index (χ3n) is 5.88. The molecule has 2 saturated heterocycles. The summed E-state index contributed by atoms with van der Waals surface area (Å²) < 4.78 is 6.27. The van der Waals surface area contributed by atoms with Crippen LogP contribution in [-0.4, -0.2) is 67.4 Å². The number of benzene rings is 1. The fourth-order valence-corrected chi connectivity index (χ4v) is 4.22. The van der Waals surface area contributed by atoms with Crippen molar-refractivity contribution >= 4 is 5.69 Å². The number of rotatable bonds is 4. The van der Waals surface area contributed by atoms with Crippen molar-refractivity contribution in [2.24, 2.45) is 5.84 Å². The smallest absolute Gasteiger partial charge is 0.0608 e. The van der Waals surface area contributed by atoms with Gasteiger partial charge in [-0.05, 0) is 37.8 Å². The minimum Gasteiger partial charge on any atom is -0.375 e. The van der Waals surface area contributed by atoms with Gasteiger partial charge >= 0.3 is 0 Å². The van der Waals surface area contributed by atoms with Crippen molar-refractivity contribution in [3.63, 3.8) is 0 Å². The minimum absolute atomic E-state index is 0.436. The second kappa shape index (κ2) is 9.70. The summed E-state index contributed by atoms with van der Waals surface area (Å²) in [5.41, 5.74) is 1.36. The van der Waals surface area contributed by atoms with Crippen LogP contribution in [0.1, 0.15) is 39.5 Å². The molecule has 26 heavy (non-hydrogen) atoms. The van der Waals surface area contributed by atoms with Gasteiger partial charge in [0.15, 0.2) is 0 Å². The lowest BCUT2D eigenvalue weighted by Gasteiger charge is -2.47. The van der Waals surface area contributed by atoms with E-state index in [0.29, 0.717) is 12.2 Å². The molecule has 3 aliphatic rings. The van der Waals surface area contributed by atoms with Crippen LogP contribution < -0.4 is 10.7 Å². The number of para-hydroxylation sites is 1. The van der Waals surface area contributed by atoms with Gasteiger partial charge in [0, 0.05) is 51.0 Å². The summed E-state index contributed by atoms with van der Waals surface area (Å²) in [5, 5.41) is 1.91. The zero-order chi connectivity index (χ0) is 18.4. The standard InChI is InChI=1S/C19H30N4O.C2H6/c20-23-8-6-18(7-9-23)24-19-14-17(15-19)22-12-10-21(11-13-22)16-4-2-1-3-5-16;1-2/h1-5,17-19H,6-15,20H2;1-2H3. The lowest BCUT2D eigenvalue weighted by Crippen LogP contribution is -2.56. The molecular weight excluding hydrogens is 324 g/mol. The molecule has 0 atom stereocenters. The normalized spacial score (nSPS) is 28.2. The average Bonchev–Trinajstić information content (AvgIpc) is 2.68. The van der Waals surface area contributed by atoms with Crippen LogP contribution in [0.2, 0.25) is 0 Å². The number of nitrogens with two attached hydrogens (primary N) is 1. The highest BCUT2D eigenvalue weighted by Gasteiger charge is 2.37. The van der Waals surface area contributed by atoms with E-state index >= 15 is 0 Å². The maximum atomic E-state index is 6.27. The number of piperidine rings is 1. The van der Waals surface area contributed by atoms with Crippen LogP contribution in [-0.2, 0) is 4.74 Å². The van der Waals surface area contributed by atoms with Gasteiger partial charge in [-0.3, -0.25) is 10.7 Å². The summed E-state index contributed by atoms with van der Waals surface area (Å²) >= 11 is 0. The molecule has 4 rings (SSSR count). The average molecular weight is 361 g/mol. The first-order valence-electron chi connectivity index (χ1n) is 10.5. The van der Waals surface area contributed by atoms with Crippen molar-refractivity contribution in [2.45, 2.75) is 57.8 Å². The van der Waals surface area contributed by atoms with Gasteiger partial charge in [-0.25, -0.2) is 5.01 Å². The molecule has 2 aliphatic heterocycles. The number of piperazine rings is 1. The van der Waals surface area contributed by atoms with Gasteiger partial charge in [-0.2, -0.15) is 0 Å². The van der Waals surface area contributed by atoms with Crippen LogP contribution in [0.3, 0.4) is 0 Å². The van der Waals surface area contributed by atoms with E-state index in [1.807, 2.05) is 18.9 Å². The number of hydrogen-bond donors (Lipinski definition) is 1. The predicted octanol–water partition coefficient (Wildman–Crippen LogP) is 2.72. The molecule has 0 aromatic heterocycles. The van der Waals surface area contributed by atoms with Crippen molar-refractivity contribution in [1.82, 2.24) is 9.91 Å². The van der Waals surface area contributed by atoms with E-state index in [2.05, 4.69) is 40.1 Å². The Morgan fingerprint density at radius 2 is 1.46 bits per heavy atom. The second-order valence-electron chi connectivity index (χ2n) is 7.48. The van der Waals surface area contributed by atoms with E-state index in [1.54, 1.807) is 0 Å². The van der Waals surface area contributed by atoms with Crippen molar-refractivity contribution in [3.05, 3.63) is 30.3 Å². The summed E-state index contributed by atoms with van der Waals surface area (Å²) in [4.78, 5) is 5.17. The summed E-state index contributed by atoms with van der Waals surface area (Å²) in [6, 6.07) is 11.5. The maximum absolute atomic E-state index is 6.27. The molecule has 2 N–H and O–H groups in total. The number of hydrogen-bond acceptors (Lipinski definition) is 5. The molecule has 1 saturated carbocycles. The fraction of sp³-hybridized carbons (Fsp3) is 0.714. The predicted molar refractivity (Wildman–Crippen MR) is 108 cm³/mol. The van der Waals surface area contributed by atoms with Crippen LogP contribution in [0.5, 0.6) is 0 Å². The highest BCUT2D eigenvalue weighted by atomic mass is 16.5. The molecule has 1 aliphatic carbocycles. The van der Waals surface area contributed by atoms with Gasteiger partial charge < -0.3 is 9.64 Å².